The predicted octanol–water partition coefficient (Wildman–Crippen LogP) is 11.4. The van der Waals surface area contributed by atoms with Gasteiger partial charge in [0.1, 0.15) is 12.5 Å². The lowest BCUT2D eigenvalue weighted by Gasteiger charge is -2.29. The molecule has 0 fully saturated rings. The fourth-order valence-electron chi connectivity index (χ4n) is 7.45. The van der Waals surface area contributed by atoms with Gasteiger partial charge in [-0.15, -0.1) is 0 Å². The van der Waals surface area contributed by atoms with Gasteiger partial charge in [0, 0.05) is 33.8 Å². The molecule has 3 heterocycles. The normalized spacial score (nSPS) is 12.9. The summed E-state index contributed by atoms with van der Waals surface area (Å²) in [6.45, 7) is 5.43. The van der Waals surface area contributed by atoms with Gasteiger partial charge in [0.05, 0.1) is 22.4 Å². The first-order valence-corrected chi connectivity index (χ1v) is 16.9. The van der Waals surface area contributed by atoms with E-state index < -0.39 is 0 Å². The second-order valence-corrected chi connectivity index (χ2v) is 13.4. The van der Waals surface area contributed by atoms with Crippen LogP contribution in [-0.2, 0) is 5.41 Å². The standard InChI is InChI=1S/C45H36N4/c1-45(2,34-16-13-19-37(29-34)48-31-47(36-17-7-4-8-18-36)41-22-11-12-23-42(41)48)35-24-25-39-38-20-9-10-21-40(38)49(43(39)30-35)44-28-33(26-27-46-44)32-14-5-3-6-15-32/h3-30H,31H2,1-2H3. The highest BCUT2D eigenvalue weighted by Gasteiger charge is 2.30. The van der Waals surface area contributed by atoms with E-state index in [9.17, 15) is 0 Å². The Kier molecular flexibility index (Phi) is 6.84. The lowest BCUT2D eigenvalue weighted by molar-refractivity contribution is 0.641. The molecule has 9 rings (SSSR count). The van der Waals surface area contributed by atoms with Gasteiger partial charge in [0.2, 0.25) is 0 Å². The smallest absolute Gasteiger partial charge is 0.138 e. The number of nitrogens with zero attached hydrogens (tertiary/aromatic N) is 4. The first-order valence-electron chi connectivity index (χ1n) is 16.9. The molecule has 0 aliphatic carbocycles. The fraction of sp³-hybridized carbons (Fsp3) is 0.0889. The van der Waals surface area contributed by atoms with Crippen molar-refractivity contribution >= 4 is 44.6 Å². The van der Waals surface area contributed by atoms with Gasteiger partial charge < -0.3 is 9.80 Å². The van der Waals surface area contributed by atoms with Crippen molar-refractivity contribution in [2.75, 3.05) is 16.5 Å². The zero-order chi connectivity index (χ0) is 33.0. The van der Waals surface area contributed by atoms with Gasteiger partial charge in [-0.05, 0) is 82.9 Å². The Morgan fingerprint density at radius 1 is 0.490 bits per heavy atom. The molecule has 1 aliphatic heterocycles. The van der Waals surface area contributed by atoms with Gasteiger partial charge in [-0.25, -0.2) is 4.98 Å². The summed E-state index contributed by atoms with van der Waals surface area (Å²) in [5.74, 6) is 0.917. The quantitative estimate of drug-likeness (QED) is 0.182. The number of anilines is 4. The van der Waals surface area contributed by atoms with Gasteiger partial charge in [-0.2, -0.15) is 0 Å². The van der Waals surface area contributed by atoms with Crippen LogP contribution in [0.15, 0.2) is 170 Å². The summed E-state index contributed by atoms with van der Waals surface area (Å²) in [7, 11) is 0. The van der Waals surface area contributed by atoms with E-state index in [0.717, 1.165) is 29.1 Å². The zero-order valence-electron chi connectivity index (χ0n) is 27.7. The Balaban J connectivity index is 1.13. The Bertz CT molecular complexity index is 2460. The minimum Gasteiger partial charge on any atom is -0.321 e. The molecule has 0 atom stereocenters. The van der Waals surface area contributed by atoms with Crippen molar-refractivity contribution in [3.05, 3.63) is 181 Å². The van der Waals surface area contributed by atoms with Crippen LogP contribution in [0.5, 0.6) is 0 Å². The molecule has 0 saturated heterocycles. The van der Waals surface area contributed by atoms with Gasteiger partial charge in [0.25, 0.3) is 0 Å². The average Bonchev–Trinajstić information content (AvgIpc) is 3.72. The summed E-state index contributed by atoms with van der Waals surface area (Å²) in [4.78, 5) is 9.73. The van der Waals surface area contributed by atoms with E-state index in [0.29, 0.717) is 0 Å². The molecule has 0 saturated carbocycles. The lowest BCUT2D eigenvalue weighted by Crippen LogP contribution is -2.25. The number of fused-ring (bicyclic) bond motifs is 4. The number of pyridine rings is 1. The number of benzene rings is 6. The van der Waals surface area contributed by atoms with Crippen LogP contribution in [0.25, 0.3) is 38.8 Å². The van der Waals surface area contributed by atoms with Crippen LogP contribution >= 0.6 is 0 Å². The van der Waals surface area contributed by atoms with E-state index in [-0.39, 0.29) is 5.41 Å². The molecule has 0 spiro atoms. The van der Waals surface area contributed by atoms with Crippen molar-refractivity contribution in [2.24, 2.45) is 0 Å². The Morgan fingerprint density at radius 3 is 1.92 bits per heavy atom. The van der Waals surface area contributed by atoms with Crippen molar-refractivity contribution in [1.29, 1.82) is 0 Å². The summed E-state index contributed by atoms with van der Waals surface area (Å²) in [5.41, 5.74) is 11.7. The van der Waals surface area contributed by atoms with Crippen LogP contribution in [0.3, 0.4) is 0 Å². The van der Waals surface area contributed by atoms with Gasteiger partial charge in [-0.3, -0.25) is 4.57 Å². The third kappa shape index (κ3) is 4.87. The largest absolute Gasteiger partial charge is 0.321 e. The van der Waals surface area contributed by atoms with E-state index >= 15 is 0 Å². The van der Waals surface area contributed by atoms with Crippen molar-refractivity contribution < 1.29 is 0 Å². The maximum absolute atomic E-state index is 4.91. The highest BCUT2D eigenvalue weighted by molar-refractivity contribution is 6.09. The van der Waals surface area contributed by atoms with Crippen molar-refractivity contribution in [3.63, 3.8) is 0 Å². The molecule has 0 radical (unpaired) electrons. The third-order valence-corrected chi connectivity index (χ3v) is 10.2. The first kappa shape index (κ1) is 29.0. The predicted molar refractivity (Wildman–Crippen MR) is 205 cm³/mol. The lowest BCUT2D eigenvalue weighted by atomic mass is 9.77. The molecule has 49 heavy (non-hydrogen) atoms. The molecule has 1 aliphatic rings. The van der Waals surface area contributed by atoms with Crippen LogP contribution in [0.1, 0.15) is 25.0 Å². The van der Waals surface area contributed by atoms with Gasteiger partial charge >= 0.3 is 0 Å². The van der Waals surface area contributed by atoms with Crippen LogP contribution in [0.4, 0.5) is 22.7 Å². The Labute approximate surface area is 287 Å². The molecule has 4 nitrogen and oxygen atoms in total. The van der Waals surface area contributed by atoms with Gasteiger partial charge in [0.15, 0.2) is 0 Å². The first-order chi connectivity index (χ1) is 24.1. The van der Waals surface area contributed by atoms with E-state index in [1.807, 2.05) is 6.20 Å². The van der Waals surface area contributed by atoms with Gasteiger partial charge in [-0.1, -0.05) is 117 Å². The minimum atomic E-state index is -0.261. The molecule has 4 heteroatoms. The third-order valence-electron chi connectivity index (χ3n) is 10.2. The van der Waals surface area contributed by atoms with E-state index in [1.165, 1.54) is 50.2 Å². The maximum Gasteiger partial charge on any atom is 0.138 e. The van der Waals surface area contributed by atoms with Crippen LogP contribution in [-0.4, -0.2) is 16.2 Å². The number of aromatic nitrogens is 2. The van der Waals surface area contributed by atoms with Crippen molar-refractivity contribution in [1.82, 2.24) is 9.55 Å². The number of hydrogen-bond acceptors (Lipinski definition) is 3. The summed E-state index contributed by atoms with van der Waals surface area (Å²) < 4.78 is 2.33. The van der Waals surface area contributed by atoms with Crippen LogP contribution in [0.2, 0.25) is 0 Å². The average molecular weight is 633 g/mol. The molecule has 8 aromatic rings. The maximum atomic E-state index is 4.91. The number of rotatable bonds is 6. The fourth-order valence-corrected chi connectivity index (χ4v) is 7.45. The molecule has 0 N–H and O–H groups in total. The Morgan fingerprint density at radius 2 is 1.12 bits per heavy atom. The zero-order valence-corrected chi connectivity index (χ0v) is 27.7. The Hall–Kier alpha value is -6.13. The molecule has 2 aromatic heterocycles. The number of hydrogen-bond donors (Lipinski definition) is 0. The minimum absolute atomic E-state index is 0.261. The topological polar surface area (TPSA) is 24.3 Å². The van der Waals surface area contributed by atoms with E-state index in [4.69, 9.17) is 4.98 Å². The highest BCUT2D eigenvalue weighted by Crippen LogP contribution is 2.45. The molecule has 0 unspecified atom stereocenters. The van der Waals surface area contributed by atoms with Crippen molar-refractivity contribution in [3.8, 4) is 16.9 Å². The van der Waals surface area contributed by atoms with E-state index in [1.54, 1.807) is 0 Å². The second kappa shape index (κ2) is 11.5. The monoisotopic (exact) mass is 632 g/mol. The van der Waals surface area contributed by atoms with Crippen molar-refractivity contribution in [2.45, 2.75) is 19.3 Å². The molecular formula is C45H36N4. The second-order valence-electron chi connectivity index (χ2n) is 13.4. The summed E-state index contributed by atoms with van der Waals surface area (Å²) in [6, 6.07) is 58.9. The van der Waals surface area contributed by atoms with Crippen LogP contribution in [0, 0.1) is 0 Å². The summed E-state index contributed by atoms with van der Waals surface area (Å²) in [6.07, 6.45) is 1.92. The SMILES string of the molecule is CC(C)(c1cccc(N2CN(c3ccccc3)c3ccccc32)c1)c1ccc2c3ccccc3n(-c3cc(-c4ccccc4)ccn3)c2c1. The number of para-hydroxylation sites is 4. The summed E-state index contributed by atoms with van der Waals surface area (Å²) in [5, 5.41) is 2.46. The molecule has 0 amide bonds. The highest BCUT2D eigenvalue weighted by atomic mass is 15.4. The molecule has 0 bridgehead atoms. The molecule has 6 aromatic carbocycles. The van der Waals surface area contributed by atoms with E-state index in [2.05, 4.69) is 192 Å². The van der Waals surface area contributed by atoms with Crippen LogP contribution < -0.4 is 9.80 Å². The molecule has 236 valence electrons. The molecular weight excluding hydrogens is 597 g/mol. The summed E-state index contributed by atoms with van der Waals surface area (Å²) >= 11 is 0.